The van der Waals surface area contributed by atoms with Crippen molar-refractivity contribution >= 4 is 11.9 Å². The van der Waals surface area contributed by atoms with E-state index in [1.54, 1.807) is 4.90 Å². The molecule has 1 fully saturated rings. The molecule has 1 aromatic carbocycles. The molecule has 108 valence electrons. The van der Waals surface area contributed by atoms with Crippen molar-refractivity contribution in [2.75, 3.05) is 13.1 Å². The molecule has 0 saturated carbocycles. The average Bonchev–Trinajstić information content (AvgIpc) is 2.76. The van der Waals surface area contributed by atoms with Crippen LogP contribution in [0.1, 0.15) is 23.6 Å². The van der Waals surface area contributed by atoms with Crippen LogP contribution < -0.4 is 0 Å². The zero-order chi connectivity index (χ0) is 14.9. The minimum absolute atomic E-state index is 0.0225. The lowest BCUT2D eigenvalue weighted by Crippen LogP contribution is -2.31. The van der Waals surface area contributed by atoms with Gasteiger partial charge >= 0.3 is 5.97 Å². The Labute approximate surface area is 119 Å². The van der Waals surface area contributed by atoms with Crippen molar-refractivity contribution in [1.29, 1.82) is 0 Å². The molecule has 0 aromatic heterocycles. The van der Waals surface area contributed by atoms with E-state index in [4.69, 9.17) is 5.11 Å². The molecule has 1 aromatic rings. The molecule has 2 rings (SSSR count). The summed E-state index contributed by atoms with van der Waals surface area (Å²) in [7, 11) is 0. The van der Waals surface area contributed by atoms with Crippen LogP contribution in [0.15, 0.2) is 18.2 Å². The van der Waals surface area contributed by atoms with Gasteiger partial charge in [-0.05, 0) is 30.9 Å². The fraction of sp³-hybridized carbons (Fsp3) is 0.500. The van der Waals surface area contributed by atoms with Crippen LogP contribution in [0.4, 0.5) is 0 Å². The molecule has 1 amide bonds. The van der Waals surface area contributed by atoms with E-state index in [0.717, 1.165) is 16.7 Å². The number of amides is 1. The maximum Gasteiger partial charge on any atom is 0.308 e. The molecule has 1 saturated heterocycles. The van der Waals surface area contributed by atoms with E-state index in [0.29, 0.717) is 19.5 Å². The first-order chi connectivity index (χ1) is 9.38. The van der Waals surface area contributed by atoms with Crippen molar-refractivity contribution in [2.45, 2.75) is 27.2 Å². The van der Waals surface area contributed by atoms with Crippen LogP contribution in [0, 0.1) is 25.7 Å². The number of rotatable bonds is 3. The number of carboxylic acids is 1. The second kappa shape index (κ2) is 5.65. The number of hydrogen-bond acceptors (Lipinski definition) is 2. The minimum Gasteiger partial charge on any atom is -0.481 e. The Morgan fingerprint density at radius 2 is 2.00 bits per heavy atom. The summed E-state index contributed by atoms with van der Waals surface area (Å²) in [6, 6.07) is 6.08. The zero-order valence-corrected chi connectivity index (χ0v) is 12.2. The zero-order valence-electron chi connectivity index (χ0n) is 12.2. The van der Waals surface area contributed by atoms with E-state index < -0.39 is 11.9 Å². The van der Waals surface area contributed by atoms with Gasteiger partial charge in [0.1, 0.15) is 0 Å². The highest BCUT2D eigenvalue weighted by Crippen LogP contribution is 2.24. The minimum atomic E-state index is -0.806. The van der Waals surface area contributed by atoms with Crippen molar-refractivity contribution < 1.29 is 14.7 Å². The summed E-state index contributed by atoms with van der Waals surface area (Å²) in [5, 5.41) is 9.12. The third kappa shape index (κ3) is 3.00. The number of aryl methyl sites for hydroxylation is 2. The summed E-state index contributed by atoms with van der Waals surface area (Å²) >= 11 is 0. The van der Waals surface area contributed by atoms with Gasteiger partial charge in [-0.2, -0.15) is 0 Å². The van der Waals surface area contributed by atoms with Crippen molar-refractivity contribution in [1.82, 2.24) is 4.90 Å². The molecular weight excluding hydrogens is 254 g/mol. The van der Waals surface area contributed by atoms with Gasteiger partial charge in [0.25, 0.3) is 0 Å². The van der Waals surface area contributed by atoms with Gasteiger partial charge in [0.05, 0.1) is 12.3 Å². The van der Waals surface area contributed by atoms with Crippen LogP contribution in [0.5, 0.6) is 0 Å². The van der Waals surface area contributed by atoms with E-state index in [2.05, 4.69) is 0 Å². The fourth-order valence-corrected chi connectivity index (χ4v) is 2.76. The number of hydrogen-bond donors (Lipinski definition) is 1. The van der Waals surface area contributed by atoms with Gasteiger partial charge in [-0.25, -0.2) is 0 Å². The maximum atomic E-state index is 12.3. The first-order valence-corrected chi connectivity index (χ1v) is 6.95. The Kier molecular flexibility index (Phi) is 4.12. The van der Waals surface area contributed by atoms with E-state index in [1.807, 2.05) is 39.0 Å². The summed E-state index contributed by atoms with van der Waals surface area (Å²) in [4.78, 5) is 25.1. The molecule has 1 N–H and O–H groups in total. The largest absolute Gasteiger partial charge is 0.481 e. The molecule has 1 aliphatic rings. The number of carbonyl (C=O) groups excluding carboxylic acids is 1. The second-order valence-corrected chi connectivity index (χ2v) is 5.83. The van der Waals surface area contributed by atoms with Crippen LogP contribution in [0.2, 0.25) is 0 Å². The Hall–Kier alpha value is -1.84. The van der Waals surface area contributed by atoms with Gasteiger partial charge in [-0.15, -0.1) is 0 Å². The molecule has 1 heterocycles. The number of benzene rings is 1. The molecule has 4 heteroatoms. The molecule has 20 heavy (non-hydrogen) atoms. The Bertz CT molecular complexity index is 539. The molecule has 0 aliphatic carbocycles. The monoisotopic (exact) mass is 275 g/mol. The van der Waals surface area contributed by atoms with Crippen molar-refractivity contribution in [3.05, 3.63) is 34.9 Å². The van der Waals surface area contributed by atoms with Crippen LogP contribution in [-0.4, -0.2) is 35.0 Å². The highest BCUT2D eigenvalue weighted by atomic mass is 16.4. The third-order valence-corrected chi connectivity index (χ3v) is 4.13. The number of aliphatic carboxylic acids is 1. The van der Waals surface area contributed by atoms with Crippen molar-refractivity contribution in [2.24, 2.45) is 11.8 Å². The first kappa shape index (κ1) is 14.6. The van der Waals surface area contributed by atoms with Crippen LogP contribution in [-0.2, 0) is 16.0 Å². The summed E-state index contributed by atoms with van der Waals surface area (Å²) < 4.78 is 0. The molecule has 2 atom stereocenters. The topological polar surface area (TPSA) is 57.6 Å². The lowest BCUT2D eigenvalue weighted by molar-refractivity contribution is -0.142. The van der Waals surface area contributed by atoms with Gasteiger partial charge < -0.3 is 10.0 Å². The number of likely N-dealkylation sites (tertiary alicyclic amines) is 1. The van der Waals surface area contributed by atoms with Crippen molar-refractivity contribution in [3.8, 4) is 0 Å². The average molecular weight is 275 g/mol. The quantitative estimate of drug-likeness (QED) is 0.918. The first-order valence-electron chi connectivity index (χ1n) is 6.95. The van der Waals surface area contributed by atoms with Crippen LogP contribution in [0.25, 0.3) is 0 Å². The van der Waals surface area contributed by atoms with Crippen LogP contribution >= 0.6 is 0 Å². The lowest BCUT2D eigenvalue weighted by Gasteiger charge is -2.17. The standard InChI is InChI=1S/C16H21NO3/c1-10-4-5-11(2)13(6-10)7-15(18)17-8-12(3)14(9-17)16(19)20/h4-6,12,14H,7-9H2,1-3H3,(H,19,20)/t12-,14-/m1/s1. The predicted octanol–water partition coefficient (Wildman–Crippen LogP) is 2.03. The number of nitrogens with zero attached hydrogens (tertiary/aromatic N) is 1. The molecular formula is C16H21NO3. The highest BCUT2D eigenvalue weighted by Gasteiger charge is 2.36. The molecule has 0 spiro atoms. The Morgan fingerprint density at radius 1 is 1.30 bits per heavy atom. The molecule has 1 aliphatic heterocycles. The van der Waals surface area contributed by atoms with Gasteiger partial charge in [0.2, 0.25) is 5.91 Å². The van der Waals surface area contributed by atoms with Gasteiger partial charge in [0, 0.05) is 13.1 Å². The van der Waals surface area contributed by atoms with Crippen molar-refractivity contribution in [3.63, 3.8) is 0 Å². The highest BCUT2D eigenvalue weighted by molar-refractivity contribution is 5.81. The summed E-state index contributed by atoms with van der Waals surface area (Å²) in [6.45, 7) is 6.77. The maximum absolute atomic E-state index is 12.3. The van der Waals surface area contributed by atoms with E-state index in [1.165, 1.54) is 0 Å². The van der Waals surface area contributed by atoms with Gasteiger partial charge in [-0.1, -0.05) is 30.7 Å². The summed E-state index contributed by atoms with van der Waals surface area (Å²) in [5.74, 6) is -1.19. The lowest BCUT2D eigenvalue weighted by atomic mass is 9.99. The van der Waals surface area contributed by atoms with E-state index >= 15 is 0 Å². The number of carboxylic acid groups (broad SMARTS) is 1. The summed E-state index contributed by atoms with van der Waals surface area (Å²) in [5.41, 5.74) is 3.27. The fourth-order valence-electron chi connectivity index (χ4n) is 2.76. The van der Waals surface area contributed by atoms with Gasteiger partial charge in [-0.3, -0.25) is 9.59 Å². The Balaban J connectivity index is 2.06. The second-order valence-electron chi connectivity index (χ2n) is 5.83. The summed E-state index contributed by atoms with van der Waals surface area (Å²) in [6.07, 6.45) is 0.354. The molecule has 0 radical (unpaired) electrons. The molecule has 0 bridgehead atoms. The SMILES string of the molecule is Cc1ccc(C)c(CC(=O)N2C[C@@H](C)[C@H](C(=O)O)C2)c1. The van der Waals surface area contributed by atoms with E-state index in [-0.39, 0.29) is 11.8 Å². The smallest absolute Gasteiger partial charge is 0.308 e. The molecule has 0 unspecified atom stereocenters. The third-order valence-electron chi connectivity index (χ3n) is 4.13. The number of carbonyl (C=O) groups is 2. The Morgan fingerprint density at radius 3 is 2.60 bits per heavy atom. The van der Waals surface area contributed by atoms with Crippen LogP contribution in [0.3, 0.4) is 0 Å². The molecule has 4 nitrogen and oxygen atoms in total. The van der Waals surface area contributed by atoms with Gasteiger partial charge in [0.15, 0.2) is 0 Å². The normalized spacial score (nSPS) is 22.1. The van der Waals surface area contributed by atoms with E-state index in [9.17, 15) is 9.59 Å². The predicted molar refractivity (Wildman–Crippen MR) is 76.5 cm³/mol.